The van der Waals surface area contributed by atoms with Gasteiger partial charge < -0.3 is 10.1 Å². The Kier molecular flexibility index (Phi) is 5.26. The van der Waals surface area contributed by atoms with E-state index in [0.717, 1.165) is 15.7 Å². The summed E-state index contributed by atoms with van der Waals surface area (Å²) < 4.78 is 6.56. The molecular formula is C16H15BrClNO2. The molecule has 2 aromatic rings. The monoisotopic (exact) mass is 367 g/mol. The normalized spacial score (nSPS) is 11.8. The molecule has 5 heteroatoms. The maximum Gasteiger partial charge on any atom is 0.265 e. The van der Waals surface area contributed by atoms with Crippen molar-refractivity contribution in [1.29, 1.82) is 0 Å². The first-order chi connectivity index (χ1) is 9.95. The summed E-state index contributed by atoms with van der Waals surface area (Å²) in [7, 11) is 0. The van der Waals surface area contributed by atoms with Crippen LogP contribution in [0.1, 0.15) is 12.5 Å². The van der Waals surface area contributed by atoms with Crippen molar-refractivity contribution in [2.24, 2.45) is 0 Å². The number of amides is 1. The second kappa shape index (κ2) is 6.96. The molecule has 21 heavy (non-hydrogen) atoms. The van der Waals surface area contributed by atoms with Crippen molar-refractivity contribution in [1.82, 2.24) is 0 Å². The van der Waals surface area contributed by atoms with Crippen molar-refractivity contribution >= 4 is 39.1 Å². The van der Waals surface area contributed by atoms with E-state index in [1.54, 1.807) is 31.2 Å². The zero-order valence-corrected chi connectivity index (χ0v) is 14.0. The molecule has 1 amide bonds. The van der Waals surface area contributed by atoms with E-state index in [2.05, 4.69) is 21.2 Å². The smallest absolute Gasteiger partial charge is 0.265 e. The minimum atomic E-state index is -0.619. The highest BCUT2D eigenvalue weighted by atomic mass is 79.9. The van der Waals surface area contributed by atoms with E-state index >= 15 is 0 Å². The van der Waals surface area contributed by atoms with Crippen LogP contribution in [0.25, 0.3) is 0 Å². The molecule has 1 N–H and O–H groups in total. The van der Waals surface area contributed by atoms with E-state index in [0.29, 0.717) is 10.8 Å². The molecule has 1 unspecified atom stereocenters. The van der Waals surface area contributed by atoms with Gasteiger partial charge in [-0.3, -0.25) is 4.79 Å². The molecule has 110 valence electrons. The van der Waals surface area contributed by atoms with Gasteiger partial charge in [0, 0.05) is 15.2 Å². The third kappa shape index (κ3) is 4.48. The summed E-state index contributed by atoms with van der Waals surface area (Å²) in [4.78, 5) is 12.2. The second-order valence-corrected chi connectivity index (χ2v) is 6.02. The highest BCUT2D eigenvalue weighted by molar-refractivity contribution is 9.10. The molecule has 0 saturated heterocycles. The number of nitrogens with one attached hydrogen (secondary N) is 1. The van der Waals surface area contributed by atoms with Gasteiger partial charge in [-0.25, -0.2) is 0 Å². The summed E-state index contributed by atoms with van der Waals surface area (Å²) in [6.07, 6.45) is -0.619. The molecule has 0 aromatic heterocycles. The fraction of sp³-hybridized carbons (Fsp3) is 0.188. The van der Waals surface area contributed by atoms with Crippen LogP contribution in [-0.4, -0.2) is 12.0 Å². The lowest BCUT2D eigenvalue weighted by atomic mass is 10.2. The van der Waals surface area contributed by atoms with Crippen molar-refractivity contribution in [2.45, 2.75) is 20.0 Å². The van der Waals surface area contributed by atoms with E-state index in [9.17, 15) is 4.79 Å². The maximum absolute atomic E-state index is 12.2. The van der Waals surface area contributed by atoms with E-state index < -0.39 is 6.10 Å². The van der Waals surface area contributed by atoms with Crippen LogP contribution in [0.15, 0.2) is 46.9 Å². The van der Waals surface area contributed by atoms with Crippen LogP contribution in [0.5, 0.6) is 5.75 Å². The first-order valence-electron chi connectivity index (χ1n) is 6.45. The molecule has 0 aliphatic heterocycles. The van der Waals surface area contributed by atoms with E-state index in [4.69, 9.17) is 16.3 Å². The van der Waals surface area contributed by atoms with Crippen molar-refractivity contribution in [3.05, 3.63) is 57.5 Å². The van der Waals surface area contributed by atoms with E-state index in [1.165, 1.54) is 0 Å². The standard InChI is InChI=1S/C16H15BrClNO2/c1-10-8-12(17)6-7-15(10)19-16(20)11(2)21-14-5-3-4-13(18)9-14/h3-9,11H,1-2H3,(H,19,20). The Balaban J connectivity index is 2.02. The Labute approximate surface area is 137 Å². The molecular weight excluding hydrogens is 354 g/mol. The van der Waals surface area contributed by atoms with Gasteiger partial charge in [-0.05, 0) is 55.8 Å². The van der Waals surface area contributed by atoms with Gasteiger partial charge in [0.15, 0.2) is 6.10 Å². The summed E-state index contributed by atoms with van der Waals surface area (Å²) in [6.45, 7) is 3.63. The lowest BCUT2D eigenvalue weighted by molar-refractivity contribution is -0.122. The Morgan fingerprint density at radius 3 is 2.71 bits per heavy atom. The van der Waals surface area contributed by atoms with Crippen LogP contribution >= 0.6 is 27.5 Å². The van der Waals surface area contributed by atoms with Crippen LogP contribution in [-0.2, 0) is 4.79 Å². The Hall–Kier alpha value is -1.52. The third-order valence-electron chi connectivity index (χ3n) is 2.92. The average Bonchev–Trinajstić information content (AvgIpc) is 2.41. The maximum atomic E-state index is 12.2. The fourth-order valence-electron chi connectivity index (χ4n) is 1.80. The zero-order chi connectivity index (χ0) is 15.4. The van der Waals surface area contributed by atoms with Crippen LogP contribution < -0.4 is 10.1 Å². The number of hydrogen-bond acceptors (Lipinski definition) is 2. The molecule has 0 radical (unpaired) electrons. The van der Waals surface area contributed by atoms with E-state index in [1.807, 2.05) is 25.1 Å². The highest BCUT2D eigenvalue weighted by Crippen LogP contribution is 2.21. The summed E-state index contributed by atoms with van der Waals surface area (Å²) >= 11 is 9.28. The Bertz CT molecular complexity index is 660. The number of rotatable bonds is 4. The summed E-state index contributed by atoms with van der Waals surface area (Å²) in [5, 5.41) is 3.43. The van der Waals surface area contributed by atoms with Crippen molar-refractivity contribution in [3.63, 3.8) is 0 Å². The lowest BCUT2D eigenvalue weighted by Gasteiger charge is -2.16. The molecule has 0 spiro atoms. The van der Waals surface area contributed by atoms with Gasteiger partial charge in [-0.1, -0.05) is 33.6 Å². The van der Waals surface area contributed by atoms with Gasteiger partial charge in [-0.2, -0.15) is 0 Å². The number of anilines is 1. The molecule has 0 heterocycles. The number of benzene rings is 2. The minimum Gasteiger partial charge on any atom is -0.481 e. The quantitative estimate of drug-likeness (QED) is 0.840. The van der Waals surface area contributed by atoms with Gasteiger partial charge in [0.05, 0.1) is 0 Å². The Morgan fingerprint density at radius 1 is 1.29 bits per heavy atom. The fourth-order valence-corrected chi connectivity index (χ4v) is 2.46. The highest BCUT2D eigenvalue weighted by Gasteiger charge is 2.15. The van der Waals surface area contributed by atoms with Crippen LogP contribution in [0.2, 0.25) is 5.02 Å². The van der Waals surface area contributed by atoms with Gasteiger partial charge in [0.1, 0.15) is 5.75 Å². The first kappa shape index (κ1) is 15.9. The van der Waals surface area contributed by atoms with Crippen LogP contribution in [0.4, 0.5) is 5.69 Å². The minimum absolute atomic E-state index is 0.208. The largest absolute Gasteiger partial charge is 0.481 e. The molecule has 0 aliphatic carbocycles. The second-order valence-electron chi connectivity index (χ2n) is 4.67. The predicted octanol–water partition coefficient (Wildman–Crippen LogP) is 4.82. The predicted molar refractivity (Wildman–Crippen MR) is 89.1 cm³/mol. The summed E-state index contributed by atoms with van der Waals surface area (Å²) in [6, 6.07) is 12.6. The molecule has 1 atom stereocenters. The van der Waals surface area contributed by atoms with Gasteiger partial charge >= 0.3 is 0 Å². The number of carbonyl (C=O) groups is 1. The van der Waals surface area contributed by atoms with E-state index in [-0.39, 0.29) is 5.91 Å². The summed E-state index contributed by atoms with van der Waals surface area (Å²) in [5.41, 5.74) is 1.75. The number of aryl methyl sites for hydroxylation is 1. The molecule has 0 fully saturated rings. The summed E-state index contributed by atoms with van der Waals surface area (Å²) in [5.74, 6) is 0.359. The molecule has 0 saturated carbocycles. The van der Waals surface area contributed by atoms with Crippen LogP contribution in [0, 0.1) is 6.92 Å². The third-order valence-corrected chi connectivity index (χ3v) is 3.65. The Morgan fingerprint density at radius 2 is 2.05 bits per heavy atom. The van der Waals surface area contributed by atoms with Gasteiger partial charge in [0.25, 0.3) is 5.91 Å². The van der Waals surface area contributed by atoms with Gasteiger partial charge in [0.2, 0.25) is 0 Å². The first-order valence-corrected chi connectivity index (χ1v) is 7.62. The van der Waals surface area contributed by atoms with Crippen molar-refractivity contribution in [3.8, 4) is 5.75 Å². The van der Waals surface area contributed by atoms with Crippen molar-refractivity contribution < 1.29 is 9.53 Å². The van der Waals surface area contributed by atoms with Gasteiger partial charge in [-0.15, -0.1) is 0 Å². The molecule has 0 bridgehead atoms. The number of hydrogen-bond donors (Lipinski definition) is 1. The zero-order valence-electron chi connectivity index (χ0n) is 11.7. The number of ether oxygens (including phenoxy) is 1. The van der Waals surface area contributed by atoms with Crippen molar-refractivity contribution in [2.75, 3.05) is 5.32 Å². The topological polar surface area (TPSA) is 38.3 Å². The average molecular weight is 369 g/mol. The number of halogens is 2. The molecule has 3 nitrogen and oxygen atoms in total. The molecule has 0 aliphatic rings. The molecule has 2 aromatic carbocycles. The molecule has 2 rings (SSSR count). The number of carbonyl (C=O) groups excluding carboxylic acids is 1. The SMILES string of the molecule is Cc1cc(Br)ccc1NC(=O)C(C)Oc1cccc(Cl)c1. The van der Waals surface area contributed by atoms with Crippen LogP contribution in [0.3, 0.4) is 0 Å². The lowest BCUT2D eigenvalue weighted by Crippen LogP contribution is -2.30.